The van der Waals surface area contributed by atoms with Crippen LogP contribution in [0, 0.1) is 0 Å². The van der Waals surface area contributed by atoms with Crippen LogP contribution in [0.3, 0.4) is 0 Å². The van der Waals surface area contributed by atoms with Crippen molar-refractivity contribution in [3.05, 3.63) is 12.2 Å². The third kappa shape index (κ3) is 17.7. The minimum atomic E-state index is -0.233. The molecule has 0 aliphatic rings. The third-order valence-electron chi connectivity index (χ3n) is 6.76. The molecule has 0 amide bonds. The molecule has 0 fully saturated rings. The SMILES string of the molecule is C=C(C)C(=O)OC(CCCCCCCCCC)[N+](C)(C)CCCCCCCCCCCC. The smallest absolute Gasteiger partial charge is 0.337 e. The molecular formula is C29H58NO2+. The van der Waals surface area contributed by atoms with E-state index < -0.39 is 0 Å². The fourth-order valence-electron chi connectivity index (χ4n) is 4.38. The zero-order valence-corrected chi connectivity index (χ0v) is 22.7. The van der Waals surface area contributed by atoms with E-state index in [0.717, 1.165) is 23.9 Å². The van der Waals surface area contributed by atoms with Crippen LogP contribution in [0.2, 0.25) is 0 Å². The van der Waals surface area contributed by atoms with Crippen LogP contribution in [-0.4, -0.2) is 37.3 Å². The van der Waals surface area contributed by atoms with Gasteiger partial charge >= 0.3 is 5.97 Å². The molecule has 1 unspecified atom stereocenters. The number of hydrogen-bond donors (Lipinski definition) is 0. The van der Waals surface area contributed by atoms with Crippen molar-refractivity contribution in [2.45, 2.75) is 149 Å². The quantitative estimate of drug-likeness (QED) is 0.0508. The van der Waals surface area contributed by atoms with Crippen LogP contribution in [0.4, 0.5) is 0 Å². The van der Waals surface area contributed by atoms with E-state index in [1.54, 1.807) is 6.92 Å². The van der Waals surface area contributed by atoms with E-state index in [0.29, 0.717) is 5.57 Å². The van der Waals surface area contributed by atoms with Crippen molar-refractivity contribution in [3.63, 3.8) is 0 Å². The van der Waals surface area contributed by atoms with E-state index in [4.69, 9.17) is 4.74 Å². The van der Waals surface area contributed by atoms with Gasteiger partial charge in [0, 0.05) is 12.0 Å². The maximum atomic E-state index is 12.2. The highest BCUT2D eigenvalue weighted by atomic mass is 16.6. The summed E-state index contributed by atoms with van der Waals surface area (Å²) < 4.78 is 6.68. The van der Waals surface area contributed by atoms with Gasteiger partial charge in [0.15, 0.2) is 0 Å². The largest absolute Gasteiger partial charge is 0.409 e. The first-order valence-corrected chi connectivity index (χ1v) is 14.0. The molecule has 0 bridgehead atoms. The van der Waals surface area contributed by atoms with E-state index in [1.165, 1.54) is 109 Å². The lowest BCUT2D eigenvalue weighted by atomic mass is 10.1. The monoisotopic (exact) mass is 452 g/mol. The van der Waals surface area contributed by atoms with Crippen LogP contribution in [0.15, 0.2) is 12.2 Å². The first kappa shape index (κ1) is 31.2. The van der Waals surface area contributed by atoms with Crippen molar-refractivity contribution >= 4 is 5.97 Å². The second kappa shape index (κ2) is 20.8. The topological polar surface area (TPSA) is 26.3 Å². The Kier molecular flexibility index (Phi) is 20.2. The summed E-state index contributed by atoms with van der Waals surface area (Å²) in [5, 5.41) is 0. The molecule has 0 aromatic rings. The number of ether oxygens (including phenoxy) is 1. The number of rotatable bonds is 23. The summed E-state index contributed by atoms with van der Waals surface area (Å²) in [6.07, 6.45) is 24.9. The molecule has 0 spiro atoms. The highest BCUT2D eigenvalue weighted by Gasteiger charge is 2.31. The van der Waals surface area contributed by atoms with E-state index in [1.807, 2.05) is 0 Å². The average molecular weight is 453 g/mol. The number of nitrogens with zero attached hydrogens (tertiary/aromatic N) is 1. The van der Waals surface area contributed by atoms with E-state index >= 15 is 0 Å². The third-order valence-corrected chi connectivity index (χ3v) is 6.76. The maximum Gasteiger partial charge on any atom is 0.337 e. The summed E-state index contributed by atoms with van der Waals surface area (Å²) in [7, 11) is 4.46. The molecule has 0 saturated carbocycles. The Bertz CT molecular complexity index is 458. The van der Waals surface area contributed by atoms with Gasteiger partial charge in [-0.25, -0.2) is 4.79 Å². The van der Waals surface area contributed by atoms with Crippen LogP contribution < -0.4 is 0 Å². The minimum Gasteiger partial charge on any atom is -0.409 e. The molecule has 0 aliphatic carbocycles. The molecule has 0 aromatic heterocycles. The molecule has 0 heterocycles. The van der Waals surface area contributed by atoms with Crippen molar-refractivity contribution in [1.29, 1.82) is 0 Å². The average Bonchev–Trinajstić information content (AvgIpc) is 2.75. The van der Waals surface area contributed by atoms with Gasteiger partial charge in [-0.05, 0) is 26.2 Å². The Hall–Kier alpha value is -0.830. The Balaban J connectivity index is 4.23. The van der Waals surface area contributed by atoms with Crippen molar-refractivity contribution < 1.29 is 14.0 Å². The molecule has 190 valence electrons. The zero-order valence-electron chi connectivity index (χ0n) is 22.7. The Morgan fingerprint density at radius 3 is 1.47 bits per heavy atom. The molecule has 0 saturated heterocycles. The van der Waals surface area contributed by atoms with Crippen LogP contribution in [0.5, 0.6) is 0 Å². The van der Waals surface area contributed by atoms with Crippen molar-refractivity contribution in [2.75, 3.05) is 20.6 Å². The second-order valence-corrected chi connectivity index (χ2v) is 10.6. The Morgan fingerprint density at radius 1 is 0.688 bits per heavy atom. The van der Waals surface area contributed by atoms with Gasteiger partial charge in [-0.2, -0.15) is 0 Å². The van der Waals surface area contributed by atoms with Crippen LogP contribution in [0.25, 0.3) is 0 Å². The predicted molar refractivity (Wildman–Crippen MR) is 141 cm³/mol. The summed E-state index contributed by atoms with van der Waals surface area (Å²) in [6, 6.07) is 0. The number of unbranched alkanes of at least 4 members (excludes halogenated alkanes) is 16. The Morgan fingerprint density at radius 2 is 1.06 bits per heavy atom. The molecule has 0 radical (unpaired) electrons. The number of carbonyl (C=O) groups excluding carboxylic acids is 1. The van der Waals surface area contributed by atoms with Gasteiger partial charge < -0.3 is 4.74 Å². The highest BCUT2D eigenvalue weighted by molar-refractivity contribution is 5.86. The first-order valence-electron chi connectivity index (χ1n) is 14.0. The lowest BCUT2D eigenvalue weighted by Crippen LogP contribution is -2.51. The minimum absolute atomic E-state index is 0.0575. The van der Waals surface area contributed by atoms with E-state index in [9.17, 15) is 4.79 Å². The summed E-state index contributed by atoms with van der Waals surface area (Å²) in [5.41, 5.74) is 0.505. The van der Waals surface area contributed by atoms with Crippen LogP contribution in [-0.2, 0) is 9.53 Å². The van der Waals surface area contributed by atoms with Crippen LogP contribution in [0.1, 0.15) is 143 Å². The molecule has 0 N–H and O–H groups in total. The molecule has 0 aromatic carbocycles. The first-order chi connectivity index (χ1) is 15.3. The predicted octanol–water partition coefficient (Wildman–Crippen LogP) is 8.96. The molecule has 32 heavy (non-hydrogen) atoms. The molecular weight excluding hydrogens is 394 g/mol. The summed E-state index contributed by atoms with van der Waals surface area (Å²) in [5.74, 6) is -0.233. The van der Waals surface area contributed by atoms with E-state index in [-0.39, 0.29) is 12.2 Å². The van der Waals surface area contributed by atoms with Gasteiger partial charge in [-0.15, -0.1) is 0 Å². The van der Waals surface area contributed by atoms with Crippen LogP contribution >= 0.6 is 0 Å². The lowest BCUT2D eigenvalue weighted by molar-refractivity contribution is -0.935. The normalized spacial score (nSPS) is 12.7. The number of carbonyl (C=O) groups is 1. The maximum absolute atomic E-state index is 12.2. The lowest BCUT2D eigenvalue weighted by Gasteiger charge is -2.37. The number of hydrogen-bond acceptors (Lipinski definition) is 2. The summed E-state index contributed by atoms with van der Waals surface area (Å²) in [6.45, 7) is 11.1. The number of quaternary nitrogens is 1. The summed E-state index contributed by atoms with van der Waals surface area (Å²) in [4.78, 5) is 12.2. The molecule has 1 atom stereocenters. The molecule has 0 rings (SSSR count). The van der Waals surface area contributed by atoms with Crippen molar-refractivity contribution in [2.24, 2.45) is 0 Å². The molecule has 3 heteroatoms. The van der Waals surface area contributed by atoms with Crippen molar-refractivity contribution in [1.82, 2.24) is 0 Å². The molecule has 0 aliphatic heterocycles. The van der Waals surface area contributed by atoms with Gasteiger partial charge in [-0.3, -0.25) is 4.48 Å². The highest BCUT2D eigenvalue weighted by Crippen LogP contribution is 2.20. The zero-order chi connectivity index (χ0) is 24.1. The van der Waals surface area contributed by atoms with Crippen molar-refractivity contribution in [3.8, 4) is 0 Å². The second-order valence-electron chi connectivity index (χ2n) is 10.6. The summed E-state index contributed by atoms with van der Waals surface area (Å²) >= 11 is 0. The van der Waals surface area contributed by atoms with Gasteiger partial charge in [0.05, 0.1) is 20.6 Å². The fraction of sp³-hybridized carbons (Fsp3) is 0.897. The van der Waals surface area contributed by atoms with E-state index in [2.05, 4.69) is 34.5 Å². The van der Waals surface area contributed by atoms with Gasteiger partial charge in [0.1, 0.15) is 0 Å². The van der Waals surface area contributed by atoms with Gasteiger partial charge in [0.25, 0.3) is 0 Å². The van der Waals surface area contributed by atoms with Gasteiger partial charge in [0.2, 0.25) is 6.23 Å². The Labute approximate surface area is 202 Å². The number of esters is 1. The van der Waals surface area contributed by atoms with Gasteiger partial charge in [-0.1, -0.05) is 117 Å². The fourth-order valence-corrected chi connectivity index (χ4v) is 4.38. The molecule has 3 nitrogen and oxygen atoms in total. The standard InChI is InChI=1S/C29H58NO2/c1-7-9-11-13-15-17-18-20-22-24-26-30(5,6)28(32-29(31)27(3)4)25-23-21-19-16-14-12-10-8-2/h28H,3,7-26H2,1-2,4-6H3/q+1.